The van der Waals surface area contributed by atoms with E-state index >= 15 is 0 Å². The van der Waals surface area contributed by atoms with Gasteiger partial charge < -0.3 is 9.47 Å². The van der Waals surface area contributed by atoms with Crippen molar-refractivity contribution in [1.29, 1.82) is 0 Å². The fourth-order valence-corrected chi connectivity index (χ4v) is 1.59. The quantitative estimate of drug-likeness (QED) is 0.740. The topological polar surface area (TPSA) is 44.2 Å². The summed E-state index contributed by atoms with van der Waals surface area (Å²) in [4.78, 5) is 0. The molecule has 0 amide bonds. The van der Waals surface area contributed by atoms with Crippen LogP contribution in [0.3, 0.4) is 0 Å². The smallest absolute Gasteiger partial charge is 0.233 e. The van der Waals surface area contributed by atoms with Crippen molar-refractivity contribution in [3.05, 3.63) is 17.8 Å². The molecule has 1 aliphatic heterocycles. The van der Waals surface area contributed by atoms with Gasteiger partial charge in [-0.1, -0.05) is 0 Å². The largest absolute Gasteiger partial charge is 0.473 e. The molecule has 0 spiro atoms. The van der Waals surface area contributed by atoms with Crippen molar-refractivity contribution in [1.82, 2.24) is 10.2 Å². The number of halogens is 1. The van der Waals surface area contributed by atoms with Crippen LogP contribution in [0.4, 0.5) is 0 Å². The molecule has 2 rings (SSSR count). The zero-order valence-electron chi connectivity index (χ0n) is 8.36. The number of nitrogens with zero attached hydrogens (tertiary/aromatic N) is 2. The van der Waals surface area contributed by atoms with Gasteiger partial charge in [0.25, 0.3) is 0 Å². The standard InChI is InChI=1S/C10H13ClN2O2/c11-7-8-1-2-10(13-12-8)15-9-3-5-14-6-4-9/h1-2,9H,3-7H2. The van der Waals surface area contributed by atoms with Gasteiger partial charge in [-0.25, -0.2) is 0 Å². The lowest BCUT2D eigenvalue weighted by atomic mass is 10.2. The van der Waals surface area contributed by atoms with E-state index in [1.165, 1.54) is 0 Å². The van der Waals surface area contributed by atoms with Gasteiger partial charge in [-0.2, -0.15) is 5.10 Å². The molecule has 0 unspecified atom stereocenters. The molecule has 1 aliphatic rings. The highest BCUT2D eigenvalue weighted by atomic mass is 35.5. The van der Waals surface area contributed by atoms with E-state index in [1.54, 1.807) is 6.07 Å². The van der Waals surface area contributed by atoms with Crippen LogP contribution in [0.15, 0.2) is 12.1 Å². The van der Waals surface area contributed by atoms with Crippen molar-refractivity contribution in [2.24, 2.45) is 0 Å². The Bertz CT molecular complexity index is 299. The third-order valence-electron chi connectivity index (χ3n) is 2.29. The van der Waals surface area contributed by atoms with Crippen LogP contribution in [0.5, 0.6) is 5.88 Å². The van der Waals surface area contributed by atoms with Gasteiger partial charge in [-0.15, -0.1) is 16.7 Å². The number of ether oxygens (including phenoxy) is 2. The number of hydrogen-bond donors (Lipinski definition) is 0. The first-order valence-corrected chi connectivity index (χ1v) is 5.55. The van der Waals surface area contributed by atoms with Gasteiger partial charge in [0.05, 0.1) is 24.8 Å². The van der Waals surface area contributed by atoms with Gasteiger partial charge in [0.2, 0.25) is 5.88 Å². The summed E-state index contributed by atoms with van der Waals surface area (Å²) in [6.07, 6.45) is 2.03. The molecule has 2 heterocycles. The summed E-state index contributed by atoms with van der Waals surface area (Å²) in [5.74, 6) is 0.945. The summed E-state index contributed by atoms with van der Waals surface area (Å²) >= 11 is 5.61. The maximum atomic E-state index is 5.66. The zero-order valence-corrected chi connectivity index (χ0v) is 9.11. The van der Waals surface area contributed by atoms with Gasteiger partial charge in [0.15, 0.2) is 0 Å². The summed E-state index contributed by atoms with van der Waals surface area (Å²) < 4.78 is 10.9. The fourth-order valence-electron chi connectivity index (χ4n) is 1.45. The second-order valence-corrected chi connectivity index (χ2v) is 3.69. The lowest BCUT2D eigenvalue weighted by molar-refractivity contribution is 0.0233. The second kappa shape index (κ2) is 5.28. The summed E-state index contributed by atoms with van der Waals surface area (Å²) in [5, 5.41) is 7.87. The number of aromatic nitrogens is 2. The number of alkyl halides is 1. The predicted molar refractivity (Wildman–Crippen MR) is 56.1 cm³/mol. The van der Waals surface area contributed by atoms with Gasteiger partial charge in [-0.3, -0.25) is 0 Å². The Morgan fingerprint density at radius 3 is 2.73 bits per heavy atom. The molecule has 0 bridgehead atoms. The van der Waals surface area contributed by atoms with E-state index in [-0.39, 0.29) is 6.10 Å². The fraction of sp³-hybridized carbons (Fsp3) is 0.600. The molecule has 0 aromatic carbocycles. The van der Waals surface area contributed by atoms with Crippen molar-refractivity contribution in [2.75, 3.05) is 13.2 Å². The highest BCUT2D eigenvalue weighted by Crippen LogP contribution is 2.15. The van der Waals surface area contributed by atoms with Crippen molar-refractivity contribution in [3.8, 4) is 5.88 Å². The van der Waals surface area contributed by atoms with E-state index in [0.717, 1.165) is 31.7 Å². The minimum absolute atomic E-state index is 0.204. The maximum Gasteiger partial charge on any atom is 0.233 e. The van der Waals surface area contributed by atoms with E-state index in [1.807, 2.05) is 6.07 Å². The number of hydrogen-bond acceptors (Lipinski definition) is 4. The minimum Gasteiger partial charge on any atom is -0.473 e. The van der Waals surface area contributed by atoms with Crippen molar-refractivity contribution < 1.29 is 9.47 Å². The molecule has 5 heteroatoms. The van der Waals surface area contributed by atoms with Crippen molar-refractivity contribution in [2.45, 2.75) is 24.8 Å². The normalized spacial score (nSPS) is 17.7. The molecule has 82 valence electrons. The molecule has 4 nitrogen and oxygen atoms in total. The zero-order chi connectivity index (χ0) is 10.5. The van der Waals surface area contributed by atoms with Crippen LogP contribution in [0.2, 0.25) is 0 Å². The SMILES string of the molecule is ClCc1ccc(OC2CCOCC2)nn1. The molecule has 1 saturated heterocycles. The molecule has 0 atom stereocenters. The minimum atomic E-state index is 0.204. The Balaban J connectivity index is 1.91. The Hall–Kier alpha value is -0.870. The Kier molecular flexibility index (Phi) is 3.75. The van der Waals surface area contributed by atoms with Gasteiger partial charge in [-0.05, 0) is 6.07 Å². The molecular formula is C10H13ClN2O2. The predicted octanol–water partition coefficient (Wildman–Crippen LogP) is 1.77. The third kappa shape index (κ3) is 3.04. The van der Waals surface area contributed by atoms with Crippen molar-refractivity contribution in [3.63, 3.8) is 0 Å². The van der Waals surface area contributed by atoms with Crippen LogP contribution in [-0.2, 0) is 10.6 Å². The van der Waals surface area contributed by atoms with Crippen LogP contribution < -0.4 is 4.74 Å². The third-order valence-corrected chi connectivity index (χ3v) is 2.56. The number of rotatable bonds is 3. The van der Waals surface area contributed by atoms with Crippen LogP contribution in [-0.4, -0.2) is 29.5 Å². The van der Waals surface area contributed by atoms with Gasteiger partial charge >= 0.3 is 0 Å². The summed E-state index contributed by atoms with van der Waals surface area (Å²) in [5.41, 5.74) is 0.760. The molecule has 1 aromatic heterocycles. The Morgan fingerprint density at radius 1 is 1.33 bits per heavy atom. The van der Waals surface area contributed by atoms with E-state index in [4.69, 9.17) is 21.1 Å². The molecule has 0 saturated carbocycles. The molecule has 15 heavy (non-hydrogen) atoms. The lowest BCUT2D eigenvalue weighted by Crippen LogP contribution is -2.26. The van der Waals surface area contributed by atoms with Crippen LogP contribution in [0.1, 0.15) is 18.5 Å². The van der Waals surface area contributed by atoms with Gasteiger partial charge in [0.1, 0.15) is 6.10 Å². The van der Waals surface area contributed by atoms with E-state index in [2.05, 4.69) is 10.2 Å². The lowest BCUT2D eigenvalue weighted by Gasteiger charge is -2.22. The molecule has 0 aliphatic carbocycles. The van der Waals surface area contributed by atoms with Gasteiger partial charge in [0, 0.05) is 18.9 Å². The first-order chi connectivity index (χ1) is 7.38. The van der Waals surface area contributed by atoms with E-state index < -0.39 is 0 Å². The first kappa shape index (κ1) is 10.6. The van der Waals surface area contributed by atoms with Crippen LogP contribution >= 0.6 is 11.6 Å². The molecular weight excluding hydrogens is 216 g/mol. The summed E-state index contributed by atoms with van der Waals surface area (Å²) in [6, 6.07) is 3.63. The molecule has 0 N–H and O–H groups in total. The maximum absolute atomic E-state index is 5.66. The van der Waals surface area contributed by atoms with Crippen molar-refractivity contribution >= 4 is 11.6 Å². The Labute approximate surface area is 93.6 Å². The Morgan fingerprint density at radius 2 is 2.13 bits per heavy atom. The second-order valence-electron chi connectivity index (χ2n) is 3.43. The molecule has 1 aromatic rings. The van der Waals surface area contributed by atoms with E-state index in [0.29, 0.717) is 11.8 Å². The summed E-state index contributed by atoms with van der Waals surface area (Å²) in [7, 11) is 0. The monoisotopic (exact) mass is 228 g/mol. The first-order valence-electron chi connectivity index (χ1n) is 5.01. The average Bonchev–Trinajstić information content (AvgIpc) is 2.31. The van der Waals surface area contributed by atoms with E-state index in [9.17, 15) is 0 Å². The highest BCUT2D eigenvalue weighted by molar-refractivity contribution is 6.16. The average molecular weight is 229 g/mol. The van der Waals surface area contributed by atoms with Crippen LogP contribution in [0.25, 0.3) is 0 Å². The molecule has 0 radical (unpaired) electrons. The molecule has 1 fully saturated rings. The highest BCUT2D eigenvalue weighted by Gasteiger charge is 2.15. The summed E-state index contributed by atoms with van der Waals surface area (Å²) in [6.45, 7) is 1.52. The van der Waals surface area contributed by atoms with Crippen LogP contribution in [0, 0.1) is 0 Å².